The first-order valence-electron chi connectivity index (χ1n) is 6.20. The van der Waals surface area contributed by atoms with Crippen molar-refractivity contribution in [1.82, 2.24) is 0 Å². The van der Waals surface area contributed by atoms with Crippen LogP contribution in [0.15, 0.2) is 46.9 Å². The Morgan fingerprint density at radius 3 is 2.60 bits per heavy atom. The summed E-state index contributed by atoms with van der Waals surface area (Å²) in [4.78, 5) is 12.3. The molecule has 0 saturated carbocycles. The maximum Gasteiger partial charge on any atom is 0.259 e. The van der Waals surface area contributed by atoms with Crippen LogP contribution in [0.4, 0.5) is 11.4 Å². The molecule has 0 aliphatic heterocycles. The Balaban J connectivity index is 2.25. The van der Waals surface area contributed by atoms with E-state index in [9.17, 15) is 4.79 Å². The van der Waals surface area contributed by atoms with Gasteiger partial charge in [0.1, 0.15) is 0 Å². The van der Waals surface area contributed by atoms with Crippen LogP contribution in [0.25, 0.3) is 0 Å². The first-order valence-corrected chi connectivity index (χ1v) is 6.99. The molecule has 0 aromatic heterocycles. The highest BCUT2D eigenvalue weighted by atomic mass is 79.9. The van der Waals surface area contributed by atoms with Crippen LogP contribution in [0.3, 0.4) is 0 Å². The summed E-state index contributed by atoms with van der Waals surface area (Å²) in [6.45, 7) is 2.30. The monoisotopic (exact) mass is 334 g/mol. The van der Waals surface area contributed by atoms with Gasteiger partial charge in [0.05, 0.1) is 17.9 Å². The molecule has 0 radical (unpaired) electrons. The normalized spacial score (nSPS) is 10.1. The molecular formula is C15H15BrN2O2. The average molecular weight is 335 g/mol. The number of hydrogen-bond acceptors (Lipinski definition) is 3. The number of nitrogens with one attached hydrogen (secondary N) is 1. The number of carbonyl (C=O) groups is 1. The van der Waals surface area contributed by atoms with Crippen LogP contribution in [-0.2, 0) is 0 Å². The number of para-hydroxylation sites is 1. The summed E-state index contributed by atoms with van der Waals surface area (Å²) in [5.74, 6) is 0.174. The summed E-state index contributed by atoms with van der Waals surface area (Å²) in [5.41, 5.74) is 7.44. The summed E-state index contributed by atoms with van der Waals surface area (Å²) in [6.07, 6.45) is 0. The molecule has 0 spiro atoms. The van der Waals surface area contributed by atoms with E-state index < -0.39 is 0 Å². The maximum atomic E-state index is 12.3. The molecule has 0 aliphatic carbocycles. The lowest BCUT2D eigenvalue weighted by Crippen LogP contribution is -2.14. The van der Waals surface area contributed by atoms with Crippen molar-refractivity contribution in [3.63, 3.8) is 0 Å². The van der Waals surface area contributed by atoms with Crippen LogP contribution in [-0.4, -0.2) is 12.5 Å². The fraction of sp³-hybridized carbons (Fsp3) is 0.133. The third kappa shape index (κ3) is 3.30. The molecular weight excluding hydrogens is 320 g/mol. The number of hydrogen-bond donors (Lipinski definition) is 2. The fourth-order valence-electron chi connectivity index (χ4n) is 1.77. The highest BCUT2D eigenvalue weighted by molar-refractivity contribution is 9.10. The highest BCUT2D eigenvalue weighted by Crippen LogP contribution is 2.27. The molecule has 2 aromatic rings. The highest BCUT2D eigenvalue weighted by Gasteiger charge is 2.15. The van der Waals surface area contributed by atoms with Gasteiger partial charge in [-0.25, -0.2) is 0 Å². The SMILES string of the molecule is CCOc1c(N)cccc1C(=O)Nc1ccc(Br)cc1. The van der Waals surface area contributed by atoms with Crippen molar-refractivity contribution in [2.24, 2.45) is 0 Å². The van der Waals surface area contributed by atoms with Crippen molar-refractivity contribution in [1.29, 1.82) is 0 Å². The minimum Gasteiger partial charge on any atom is -0.491 e. The largest absolute Gasteiger partial charge is 0.491 e. The third-order valence-corrected chi connectivity index (χ3v) is 3.21. The number of carbonyl (C=O) groups excluding carboxylic acids is 1. The molecule has 4 nitrogen and oxygen atoms in total. The molecule has 3 N–H and O–H groups in total. The van der Waals surface area contributed by atoms with Crippen molar-refractivity contribution in [3.8, 4) is 5.75 Å². The van der Waals surface area contributed by atoms with Crippen molar-refractivity contribution in [2.75, 3.05) is 17.7 Å². The number of rotatable bonds is 4. The zero-order chi connectivity index (χ0) is 14.5. The van der Waals surface area contributed by atoms with Crippen molar-refractivity contribution in [2.45, 2.75) is 6.92 Å². The molecule has 5 heteroatoms. The Morgan fingerprint density at radius 2 is 1.95 bits per heavy atom. The smallest absolute Gasteiger partial charge is 0.259 e. The second-order valence-corrected chi connectivity index (χ2v) is 5.03. The van der Waals surface area contributed by atoms with E-state index in [1.807, 2.05) is 31.2 Å². The standard InChI is InChI=1S/C15H15BrN2O2/c1-2-20-14-12(4-3-5-13(14)17)15(19)18-11-8-6-10(16)7-9-11/h3-9H,2,17H2,1H3,(H,18,19). The van der Waals surface area contributed by atoms with Crippen LogP contribution in [0.2, 0.25) is 0 Å². The van der Waals surface area contributed by atoms with Gasteiger partial charge in [0.25, 0.3) is 5.91 Å². The maximum absolute atomic E-state index is 12.3. The van der Waals surface area contributed by atoms with E-state index in [-0.39, 0.29) is 5.91 Å². The van der Waals surface area contributed by atoms with Crippen LogP contribution in [0.5, 0.6) is 5.75 Å². The molecule has 1 amide bonds. The van der Waals surface area contributed by atoms with Crippen LogP contribution in [0.1, 0.15) is 17.3 Å². The van der Waals surface area contributed by atoms with Gasteiger partial charge in [0, 0.05) is 10.2 Å². The summed E-state index contributed by atoms with van der Waals surface area (Å²) in [5, 5.41) is 2.82. The summed E-state index contributed by atoms with van der Waals surface area (Å²) >= 11 is 3.35. The molecule has 2 rings (SSSR count). The molecule has 0 heterocycles. The topological polar surface area (TPSA) is 64.3 Å². The molecule has 0 bridgehead atoms. The van der Waals surface area contributed by atoms with Gasteiger partial charge >= 0.3 is 0 Å². The second kappa shape index (κ2) is 6.43. The Kier molecular flexibility index (Phi) is 4.63. The van der Waals surface area contributed by atoms with E-state index in [0.717, 1.165) is 4.47 Å². The lowest BCUT2D eigenvalue weighted by Gasteiger charge is -2.12. The first-order chi connectivity index (χ1) is 9.61. The number of anilines is 2. The second-order valence-electron chi connectivity index (χ2n) is 4.12. The number of nitrogens with two attached hydrogens (primary N) is 1. The van der Waals surface area contributed by atoms with E-state index in [0.29, 0.717) is 29.3 Å². The van der Waals surface area contributed by atoms with Gasteiger partial charge in [-0.15, -0.1) is 0 Å². The van der Waals surface area contributed by atoms with E-state index in [1.54, 1.807) is 18.2 Å². The lowest BCUT2D eigenvalue weighted by molar-refractivity contribution is 0.102. The molecule has 0 fully saturated rings. The quantitative estimate of drug-likeness (QED) is 0.838. The Morgan fingerprint density at radius 1 is 1.25 bits per heavy atom. The summed E-state index contributed by atoms with van der Waals surface area (Å²) in [6, 6.07) is 12.5. The minimum absolute atomic E-state index is 0.247. The van der Waals surface area contributed by atoms with Gasteiger partial charge in [-0.05, 0) is 43.3 Å². The van der Waals surface area contributed by atoms with Gasteiger partial charge < -0.3 is 15.8 Å². The summed E-state index contributed by atoms with van der Waals surface area (Å²) in [7, 11) is 0. The molecule has 20 heavy (non-hydrogen) atoms. The predicted octanol–water partition coefficient (Wildman–Crippen LogP) is 3.68. The molecule has 104 valence electrons. The molecule has 0 unspecified atom stereocenters. The van der Waals surface area contributed by atoms with Crippen molar-refractivity contribution >= 4 is 33.2 Å². The van der Waals surface area contributed by atoms with E-state index in [4.69, 9.17) is 10.5 Å². The van der Waals surface area contributed by atoms with Crippen LogP contribution in [0, 0.1) is 0 Å². The van der Waals surface area contributed by atoms with Crippen molar-refractivity contribution in [3.05, 3.63) is 52.5 Å². The van der Waals surface area contributed by atoms with Gasteiger partial charge in [-0.1, -0.05) is 22.0 Å². The third-order valence-electron chi connectivity index (χ3n) is 2.68. The fourth-order valence-corrected chi connectivity index (χ4v) is 2.04. The molecule has 0 aliphatic rings. The van der Waals surface area contributed by atoms with Crippen LogP contribution >= 0.6 is 15.9 Å². The lowest BCUT2D eigenvalue weighted by atomic mass is 10.1. The summed E-state index contributed by atoms with van der Waals surface area (Å²) < 4.78 is 6.41. The number of nitrogen functional groups attached to an aromatic ring is 1. The van der Waals surface area contributed by atoms with E-state index >= 15 is 0 Å². The average Bonchev–Trinajstić information content (AvgIpc) is 2.43. The van der Waals surface area contributed by atoms with Crippen LogP contribution < -0.4 is 15.8 Å². The number of amides is 1. The Hall–Kier alpha value is -2.01. The first kappa shape index (κ1) is 14.4. The zero-order valence-corrected chi connectivity index (χ0v) is 12.6. The van der Waals surface area contributed by atoms with Gasteiger partial charge in [-0.2, -0.15) is 0 Å². The van der Waals surface area contributed by atoms with Gasteiger partial charge in [0.2, 0.25) is 0 Å². The van der Waals surface area contributed by atoms with E-state index in [1.165, 1.54) is 0 Å². The van der Waals surface area contributed by atoms with E-state index in [2.05, 4.69) is 21.2 Å². The zero-order valence-electron chi connectivity index (χ0n) is 11.0. The molecule has 2 aromatic carbocycles. The van der Waals surface area contributed by atoms with Crippen molar-refractivity contribution < 1.29 is 9.53 Å². The Bertz CT molecular complexity index is 612. The molecule has 0 atom stereocenters. The Labute approximate surface area is 126 Å². The number of ether oxygens (including phenoxy) is 1. The number of halogens is 1. The van der Waals surface area contributed by atoms with Gasteiger partial charge in [0.15, 0.2) is 5.75 Å². The minimum atomic E-state index is -0.247. The van der Waals surface area contributed by atoms with Gasteiger partial charge in [-0.3, -0.25) is 4.79 Å². The predicted molar refractivity (Wildman–Crippen MR) is 84.1 cm³/mol. The molecule has 0 saturated heterocycles. The number of benzene rings is 2.